The topological polar surface area (TPSA) is 69.8 Å². The van der Waals surface area contributed by atoms with E-state index in [9.17, 15) is 10.0 Å². The number of nitrogens with zero attached hydrogens (tertiary/aromatic N) is 2. The monoisotopic (exact) mass is 275 g/mol. The molecule has 0 radical (unpaired) electrons. The highest BCUT2D eigenvalue weighted by molar-refractivity contribution is 5.79. The second kappa shape index (κ2) is 7.87. The number of amides is 1. The van der Waals surface area contributed by atoms with Crippen molar-refractivity contribution in [3.05, 3.63) is 35.3 Å². The number of hydroxylamine groups is 1. The van der Waals surface area contributed by atoms with Gasteiger partial charge in [0.2, 0.25) is 0 Å². The van der Waals surface area contributed by atoms with Crippen LogP contribution in [-0.2, 0) is 4.79 Å². The molecule has 20 heavy (non-hydrogen) atoms. The van der Waals surface area contributed by atoms with Crippen molar-refractivity contribution in [1.29, 1.82) is 0 Å². The van der Waals surface area contributed by atoms with E-state index in [0.29, 0.717) is 12.3 Å². The molecule has 1 fully saturated rings. The molecule has 0 bridgehead atoms. The number of carbonyl (C=O) groups excluding carboxylic acids is 1. The Kier molecular flexibility index (Phi) is 5.83. The number of carbonyl (C=O) groups is 1. The first-order valence-corrected chi connectivity index (χ1v) is 7.27. The molecule has 1 heterocycles. The molecule has 2 rings (SSSR count). The Morgan fingerprint density at radius 2 is 2.05 bits per heavy atom. The van der Waals surface area contributed by atoms with Crippen molar-refractivity contribution in [2.24, 2.45) is 11.0 Å². The zero-order valence-electron chi connectivity index (χ0n) is 11.6. The summed E-state index contributed by atoms with van der Waals surface area (Å²) in [6.45, 7) is 0. The van der Waals surface area contributed by atoms with Crippen molar-refractivity contribution in [3.63, 3.8) is 0 Å². The van der Waals surface area contributed by atoms with Crippen LogP contribution >= 0.6 is 0 Å². The Bertz CT molecular complexity index is 442. The summed E-state index contributed by atoms with van der Waals surface area (Å²) in [7, 11) is 0. The van der Waals surface area contributed by atoms with Crippen LogP contribution in [0.15, 0.2) is 29.6 Å². The normalized spacial score (nSPS) is 18.2. The summed E-state index contributed by atoms with van der Waals surface area (Å²) in [6, 6.07) is 3.48. The number of nitrogens with one attached hydrogen (secondary N) is 1. The molecule has 1 atom stereocenters. The van der Waals surface area contributed by atoms with Gasteiger partial charge in [0.15, 0.2) is 0 Å². The third-order valence-electron chi connectivity index (χ3n) is 3.78. The second-order valence-electron chi connectivity index (χ2n) is 5.31. The van der Waals surface area contributed by atoms with Crippen molar-refractivity contribution in [3.8, 4) is 0 Å². The largest absolute Gasteiger partial charge is 0.599 e. The van der Waals surface area contributed by atoms with Crippen molar-refractivity contribution in [2.75, 3.05) is 0 Å². The predicted molar refractivity (Wildman–Crippen MR) is 77.0 cm³/mol. The minimum Gasteiger partial charge on any atom is -0.599 e. The average Bonchev–Trinajstić information content (AvgIpc) is 2.52. The summed E-state index contributed by atoms with van der Waals surface area (Å²) in [5.74, 6) is 0.241. The van der Waals surface area contributed by atoms with E-state index in [4.69, 9.17) is 0 Å². The maximum Gasteiger partial charge on any atom is 0.338 e. The van der Waals surface area contributed by atoms with E-state index in [1.165, 1.54) is 38.3 Å². The molecule has 1 amide bonds. The molecule has 1 aromatic heterocycles. The van der Waals surface area contributed by atoms with Gasteiger partial charge in [0, 0.05) is 18.0 Å². The number of aromatic nitrogens is 1. The fraction of sp³-hybridized carbons (Fsp3) is 0.533. The quantitative estimate of drug-likeness (QED) is 0.656. The van der Waals surface area contributed by atoms with Crippen LogP contribution in [-0.4, -0.2) is 17.1 Å². The highest BCUT2D eigenvalue weighted by Crippen LogP contribution is 2.26. The third kappa shape index (κ3) is 4.83. The molecule has 108 valence electrons. The van der Waals surface area contributed by atoms with E-state index >= 15 is 0 Å². The maximum absolute atomic E-state index is 11.7. The first-order chi connectivity index (χ1) is 9.75. The Morgan fingerprint density at radius 3 is 2.75 bits per heavy atom. The van der Waals surface area contributed by atoms with Gasteiger partial charge in [0.1, 0.15) is 0 Å². The molecule has 1 unspecified atom stereocenters. The van der Waals surface area contributed by atoms with Gasteiger partial charge in [-0.25, -0.2) is 4.79 Å². The molecule has 0 aliphatic heterocycles. The number of rotatable bonds is 5. The summed E-state index contributed by atoms with van der Waals surface area (Å²) >= 11 is 0. The zero-order chi connectivity index (χ0) is 14.2. The van der Waals surface area contributed by atoms with E-state index in [1.807, 2.05) is 0 Å². The maximum atomic E-state index is 11.7. The van der Waals surface area contributed by atoms with Crippen LogP contribution in [0.5, 0.6) is 0 Å². The Hall–Kier alpha value is -1.59. The van der Waals surface area contributed by atoms with E-state index in [-0.39, 0.29) is 5.91 Å². The van der Waals surface area contributed by atoms with Gasteiger partial charge in [-0.2, -0.15) is 5.17 Å². The third-order valence-corrected chi connectivity index (χ3v) is 3.78. The summed E-state index contributed by atoms with van der Waals surface area (Å²) in [5, 5.41) is 14.7. The fourth-order valence-corrected chi connectivity index (χ4v) is 2.57. The van der Waals surface area contributed by atoms with Crippen LogP contribution in [0, 0.1) is 11.1 Å². The Morgan fingerprint density at radius 1 is 1.35 bits per heavy atom. The zero-order valence-corrected chi connectivity index (χ0v) is 11.6. The minimum atomic E-state index is -0.641. The molecule has 1 aliphatic rings. The highest BCUT2D eigenvalue weighted by Gasteiger charge is 2.17. The van der Waals surface area contributed by atoms with Crippen molar-refractivity contribution in [1.82, 2.24) is 4.98 Å². The van der Waals surface area contributed by atoms with Gasteiger partial charge < -0.3 is 5.21 Å². The number of hydrogen-bond donors (Lipinski definition) is 1. The SMILES string of the molecule is O=C(CCC1CCCCC1)[NH+]([O-])N=Cc1ccncc1. The van der Waals surface area contributed by atoms with Crippen LogP contribution < -0.4 is 5.17 Å². The lowest BCUT2D eigenvalue weighted by Gasteiger charge is -2.21. The summed E-state index contributed by atoms with van der Waals surface area (Å²) in [6.07, 6.45) is 12.0. The van der Waals surface area contributed by atoms with E-state index < -0.39 is 5.17 Å². The van der Waals surface area contributed by atoms with Crippen LogP contribution in [0.4, 0.5) is 0 Å². The second-order valence-corrected chi connectivity index (χ2v) is 5.31. The van der Waals surface area contributed by atoms with Gasteiger partial charge in [-0.05, 0) is 24.5 Å². The van der Waals surface area contributed by atoms with Crippen LogP contribution in [0.2, 0.25) is 0 Å². The van der Waals surface area contributed by atoms with Crippen molar-refractivity contribution in [2.45, 2.75) is 44.9 Å². The number of hydrogen-bond acceptors (Lipinski definition) is 4. The molecule has 5 nitrogen and oxygen atoms in total. The molecule has 0 saturated heterocycles. The van der Waals surface area contributed by atoms with E-state index in [1.54, 1.807) is 24.5 Å². The summed E-state index contributed by atoms with van der Waals surface area (Å²) in [5.41, 5.74) is 0.772. The molecule has 1 saturated carbocycles. The standard InChI is InChI=1S/C15H21N3O2/c19-15(7-6-13-4-2-1-3-5-13)18(20)17-12-14-8-10-16-11-9-14/h8-13,18H,1-7H2. The first-order valence-electron chi connectivity index (χ1n) is 7.27. The fourth-order valence-electron chi connectivity index (χ4n) is 2.57. The van der Waals surface area contributed by atoms with Gasteiger partial charge in [-0.3, -0.25) is 4.98 Å². The van der Waals surface area contributed by atoms with Gasteiger partial charge >= 0.3 is 5.91 Å². The average molecular weight is 275 g/mol. The predicted octanol–water partition coefficient (Wildman–Crippen LogP) is 1.69. The van der Waals surface area contributed by atoms with Crippen LogP contribution in [0.25, 0.3) is 0 Å². The highest BCUT2D eigenvalue weighted by atomic mass is 16.5. The van der Waals surface area contributed by atoms with Gasteiger partial charge in [0.25, 0.3) is 0 Å². The molecule has 5 heteroatoms. The summed E-state index contributed by atoms with van der Waals surface area (Å²) in [4.78, 5) is 15.6. The lowest BCUT2D eigenvalue weighted by Crippen LogP contribution is -3.05. The molecule has 1 aliphatic carbocycles. The number of pyridine rings is 1. The first kappa shape index (κ1) is 14.8. The molecule has 0 spiro atoms. The number of quaternary nitrogens is 1. The molecule has 1 aromatic rings. The Balaban J connectivity index is 1.75. The molecular weight excluding hydrogens is 254 g/mol. The van der Waals surface area contributed by atoms with Gasteiger partial charge in [-0.1, -0.05) is 37.2 Å². The summed E-state index contributed by atoms with van der Waals surface area (Å²) < 4.78 is 0. The lowest BCUT2D eigenvalue weighted by molar-refractivity contribution is -0.771. The van der Waals surface area contributed by atoms with Crippen LogP contribution in [0.1, 0.15) is 50.5 Å². The van der Waals surface area contributed by atoms with Crippen molar-refractivity contribution < 1.29 is 9.97 Å². The van der Waals surface area contributed by atoms with E-state index in [2.05, 4.69) is 10.1 Å². The van der Waals surface area contributed by atoms with Crippen LogP contribution in [0.3, 0.4) is 0 Å². The van der Waals surface area contributed by atoms with E-state index in [0.717, 1.165) is 12.0 Å². The smallest absolute Gasteiger partial charge is 0.338 e. The van der Waals surface area contributed by atoms with Gasteiger partial charge in [-0.15, -0.1) is 0 Å². The lowest BCUT2D eigenvalue weighted by atomic mass is 9.86. The molecular formula is C15H21N3O2. The minimum absolute atomic E-state index is 0.331. The Labute approximate surface area is 119 Å². The molecule has 1 N–H and O–H groups in total. The molecule has 0 aromatic carbocycles. The van der Waals surface area contributed by atoms with Gasteiger partial charge in [0.05, 0.1) is 12.6 Å². The van der Waals surface area contributed by atoms with Crippen molar-refractivity contribution >= 4 is 12.1 Å².